The van der Waals surface area contributed by atoms with Gasteiger partial charge in [-0.1, -0.05) is 6.58 Å². The third kappa shape index (κ3) is 4.57. The van der Waals surface area contributed by atoms with Crippen molar-refractivity contribution in [3.63, 3.8) is 0 Å². The third-order valence-corrected chi connectivity index (χ3v) is 6.26. The largest absolute Gasteiger partial charge is 0.336 e. The van der Waals surface area contributed by atoms with E-state index in [0.717, 1.165) is 25.0 Å². The number of nitrogens with two attached hydrogens (primary N) is 1. The fourth-order valence-electron chi connectivity index (χ4n) is 4.47. The van der Waals surface area contributed by atoms with Crippen LogP contribution in [0.1, 0.15) is 41.8 Å². The Morgan fingerprint density at radius 1 is 1.39 bits per heavy atom. The highest BCUT2D eigenvalue weighted by atomic mass is 19.1. The molecule has 3 aromatic rings. The van der Waals surface area contributed by atoms with Gasteiger partial charge in [0.2, 0.25) is 0 Å². The Kier molecular flexibility index (Phi) is 6.86. The molecule has 1 saturated heterocycles. The zero-order chi connectivity index (χ0) is 26.1. The Labute approximate surface area is 207 Å². The van der Waals surface area contributed by atoms with Crippen molar-refractivity contribution in [2.45, 2.75) is 32.7 Å². The van der Waals surface area contributed by atoms with Gasteiger partial charge in [-0.3, -0.25) is 14.0 Å². The van der Waals surface area contributed by atoms with Crippen LogP contribution in [0.15, 0.2) is 48.5 Å². The Bertz CT molecular complexity index is 1470. The van der Waals surface area contributed by atoms with Gasteiger partial charge in [0, 0.05) is 43.8 Å². The second kappa shape index (κ2) is 9.87. The molecule has 1 aliphatic heterocycles. The number of imidazole rings is 1. The number of likely N-dealkylation sites (tertiary alicyclic amines) is 1. The number of amides is 1. The smallest absolute Gasteiger partial charge is 0.274 e. The number of carbonyl (C=O) groups is 1. The lowest BCUT2D eigenvalue weighted by atomic mass is 10.1. The maximum Gasteiger partial charge on any atom is 0.274 e. The van der Waals surface area contributed by atoms with Gasteiger partial charge in [0.05, 0.1) is 22.5 Å². The predicted molar refractivity (Wildman–Crippen MR) is 133 cm³/mol. The van der Waals surface area contributed by atoms with E-state index in [4.69, 9.17) is 11.0 Å². The van der Waals surface area contributed by atoms with E-state index in [2.05, 4.69) is 16.7 Å². The van der Waals surface area contributed by atoms with Gasteiger partial charge in [-0.25, -0.2) is 13.8 Å². The maximum atomic E-state index is 15.4. The van der Waals surface area contributed by atoms with E-state index in [-0.39, 0.29) is 34.7 Å². The number of rotatable bonds is 5. The summed E-state index contributed by atoms with van der Waals surface area (Å²) in [6.07, 6.45) is 5.60. The second-order valence-electron chi connectivity index (χ2n) is 8.93. The quantitative estimate of drug-likeness (QED) is 0.427. The molecule has 0 aliphatic carbocycles. The first-order chi connectivity index (χ1) is 17.1. The third-order valence-electron chi connectivity index (χ3n) is 6.26. The molecular weight excluding hydrogens is 464 g/mol. The molecule has 8 nitrogen and oxygen atoms in total. The minimum absolute atomic E-state index is 0.126. The van der Waals surface area contributed by atoms with E-state index < -0.39 is 11.6 Å². The molecule has 4 rings (SSSR count). The van der Waals surface area contributed by atoms with Crippen molar-refractivity contribution in [3.8, 4) is 11.8 Å². The average Bonchev–Trinajstić information content (AvgIpc) is 3.37. The van der Waals surface area contributed by atoms with Crippen LogP contribution in [0.4, 0.5) is 8.78 Å². The standard InChI is InChI=1S/C26H27F2N7O/c1-5-17(12-29)20(27)9-15(2)25-31-24(26(36)34-8-6-7-19(30)14-34)16(3)35(25)23-10-18-13-33(4)32-22(18)11-21(23)28/h5,9-11,13,19H,1,6-8,14,30H2,2-4H3/b15-9+,20-17-/t19-/m1/s1. The lowest BCUT2D eigenvalue weighted by molar-refractivity contribution is 0.0702. The van der Waals surface area contributed by atoms with Crippen molar-refractivity contribution in [3.05, 3.63) is 71.5 Å². The van der Waals surface area contributed by atoms with Crippen LogP contribution < -0.4 is 5.73 Å². The first kappa shape index (κ1) is 25.0. The molecule has 2 N–H and O–H groups in total. The van der Waals surface area contributed by atoms with Gasteiger partial charge in [0.15, 0.2) is 0 Å². The second-order valence-corrected chi connectivity index (χ2v) is 8.93. The number of allylic oxidation sites excluding steroid dienone is 5. The SMILES string of the molecule is C=C/C(C#N)=C(F)\C=C(/C)c1nc(C(=O)N2CCC[C@@H](N)C2)c(C)n1-c1cc2cn(C)nc2cc1F. The number of halogens is 2. The lowest BCUT2D eigenvalue weighted by Gasteiger charge is -2.30. The van der Waals surface area contributed by atoms with Crippen molar-refractivity contribution in [2.75, 3.05) is 13.1 Å². The molecule has 36 heavy (non-hydrogen) atoms. The number of nitrogens with zero attached hydrogens (tertiary/aromatic N) is 6. The van der Waals surface area contributed by atoms with Crippen LogP contribution in [-0.2, 0) is 7.05 Å². The summed E-state index contributed by atoms with van der Waals surface area (Å²) in [4.78, 5) is 19.6. The van der Waals surface area contributed by atoms with Crippen LogP contribution in [0.2, 0.25) is 0 Å². The van der Waals surface area contributed by atoms with Crippen molar-refractivity contribution in [1.82, 2.24) is 24.2 Å². The highest BCUT2D eigenvalue weighted by molar-refractivity contribution is 5.94. The van der Waals surface area contributed by atoms with Gasteiger partial charge in [0.1, 0.15) is 29.2 Å². The van der Waals surface area contributed by atoms with Gasteiger partial charge in [-0.05, 0) is 50.5 Å². The number of nitriles is 1. The van der Waals surface area contributed by atoms with E-state index in [1.165, 1.54) is 10.6 Å². The summed E-state index contributed by atoms with van der Waals surface area (Å²) >= 11 is 0. The number of benzene rings is 1. The Balaban J connectivity index is 1.93. The number of aryl methyl sites for hydroxylation is 1. The summed E-state index contributed by atoms with van der Waals surface area (Å²) in [6.45, 7) is 7.65. The van der Waals surface area contributed by atoms with E-state index in [0.29, 0.717) is 35.3 Å². The zero-order valence-electron chi connectivity index (χ0n) is 20.4. The fourth-order valence-corrected chi connectivity index (χ4v) is 4.47. The maximum absolute atomic E-state index is 15.4. The van der Waals surface area contributed by atoms with Gasteiger partial charge in [-0.15, -0.1) is 0 Å². The van der Waals surface area contributed by atoms with Crippen LogP contribution in [0.3, 0.4) is 0 Å². The van der Waals surface area contributed by atoms with Crippen LogP contribution in [-0.4, -0.2) is 49.3 Å². The summed E-state index contributed by atoms with van der Waals surface area (Å²) in [7, 11) is 1.74. The van der Waals surface area contributed by atoms with Crippen LogP contribution in [0.25, 0.3) is 22.2 Å². The number of hydrogen-bond donors (Lipinski definition) is 1. The van der Waals surface area contributed by atoms with E-state index in [1.807, 2.05) is 0 Å². The van der Waals surface area contributed by atoms with Gasteiger partial charge in [-0.2, -0.15) is 10.4 Å². The molecule has 3 heterocycles. The van der Waals surface area contributed by atoms with E-state index >= 15 is 4.39 Å². The molecule has 1 amide bonds. The normalized spacial score (nSPS) is 17.2. The molecule has 0 saturated carbocycles. The summed E-state index contributed by atoms with van der Waals surface area (Å²) in [6, 6.07) is 4.54. The Morgan fingerprint density at radius 2 is 2.14 bits per heavy atom. The molecular formula is C26H27F2N7O. The van der Waals surface area contributed by atoms with Gasteiger partial charge in [0.25, 0.3) is 5.91 Å². The molecule has 10 heteroatoms. The molecule has 1 aliphatic rings. The minimum Gasteiger partial charge on any atom is -0.336 e. The van der Waals surface area contributed by atoms with Crippen molar-refractivity contribution >= 4 is 22.4 Å². The first-order valence-electron chi connectivity index (χ1n) is 11.5. The van der Waals surface area contributed by atoms with Crippen LogP contribution >= 0.6 is 0 Å². The van der Waals surface area contributed by atoms with E-state index in [9.17, 15) is 9.18 Å². The minimum atomic E-state index is -0.810. The number of piperidine rings is 1. The summed E-state index contributed by atoms with van der Waals surface area (Å²) in [5.74, 6) is -1.53. The molecule has 0 bridgehead atoms. The lowest BCUT2D eigenvalue weighted by Crippen LogP contribution is -2.46. The predicted octanol–water partition coefficient (Wildman–Crippen LogP) is 4.11. The monoisotopic (exact) mass is 491 g/mol. The number of aromatic nitrogens is 4. The Hall–Kier alpha value is -4.10. The Morgan fingerprint density at radius 3 is 2.81 bits per heavy atom. The molecule has 1 fully saturated rings. The fraction of sp³-hybridized carbons (Fsp3) is 0.308. The van der Waals surface area contributed by atoms with Crippen molar-refractivity contribution in [1.29, 1.82) is 5.26 Å². The highest BCUT2D eigenvalue weighted by Gasteiger charge is 2.29. The zero-order valence-corrected chi connectivity index (χ0v) is 20.4. The summed E-state index contributed by atoms with van der Waals surface area (Å²) in [5, 5.41) is 14.1. The molecule has 1 atom stereocenters. The van der Waals surface area contributed by atoms with Crippen LogP contribution in [0, 0.1) is 24.1 Å². The molecule has 186 valence electrons. The first-order valence-corrected chi connectivity index (χ1v) is 11.5. The number of carbonyl (C=O) groups excluding carboxylic acids is 1. The van der Waals surface area contributed by atoms with Gasteiger partial charge >= 0.3 is 0 Å². The van der Waals surface area contributed by atoms with Crippen molar-refractivity contribution in [2.24, 2.45) is 12.8 Å². The van der Waals surface area contributed by atoms with Crippen LogP contribution in [0.5, 0.6) is 0 Å². The molecule has 0 spiro atoms. The van der Waals surface area contributed by atoms with Crippen molar-refractivity contribution < 1.29 is 13.6 Å². The number of hydrogen-bond acceptors (Lipinski definition) is 5. The molecule has 1 aromatic carbocycles. The summed E-state index contributed by atoms with van der Waals surface area (Å²) in [5.41, 5.74) is 7.27. The summed E-state index contributed by atoms with van der Waals surface area (Å²) < 4.78 is 33.2. The van der Waals surface area contributed by atoms with E-state index in [1.54, 1.807) is 48.8 Å². The highest BCUT2D eigenvalue weighted by Crippen LogP contribution is 2.30. The molecule has 0 radical (unpaired) electrons. The number of fused-ring (bicyclic) bond motifs is 1. The molecule has 2 aromatic heterocycles. The average molecular weight is 492 g/mol. The topological polar surface area (TPSA) is 106 Å². The molecule has 0 unspecified atom stereocenters. The van der Waals surface area contributed by atoms with Gasteiger partial charge < -0.3 is 10.6 Å².